The molecule has 2 aromatic rings. The lowest BCUT2D eigenvalue weighted by molar-refractivity contribution is -0.120. The standard InChI is InChI=1S/C23H26N4O2/c1-11-13(3)18(8-6-16(11)24)26-22-15(5)23(21(29)10-20(22)28)27-19-9-7-17(25)12(2)14(19)4/h6-9,15H,10,24-25H2,1-5H3. The number of hydrogen-bond acceptors (Lipinski definition) is 6. The Morgan fingerprint density at radius 2 is 1.10 bits per heavy atom. The van der Waals surface area contributed by atoms with Gasteiger partial charge in [0.1, 0.15) is 0 Å². The minimum absolute atomic E-state index is 0.220. The highest BCUT2D eigenvalue weighted by Crippen LogP contribution is 2.30. The van der Waals surface area contributed by atoms with E-state index in [0.717, 1.165) is 22.3 Å². The van der Waals surface area contributed by atoms with Gasteiger partial charge in [0.15, 0.2) is 11.6 Å². The summed E-state index contributed by atoms with van der Waals surface area (Å²) in [5.74, 6) is -1.03. The Balaban J connectivity index is 2.09. The maximum absolute atomic E-state index is 12.6. The second kappa shape index (κ2) is 7.62. The van der Waals surface area contributed by atoms with Gasteiger partial charge in [-0.05, 0) is 74.2 Å². The Bertz CT molecular complexity index is 1010. The molecule has 150 valence electrons. The van der Waals surface area contributed by atoms with Crippen LogP contribution in [0.15, 0.2) is 34.3 Å². The van der Waals surface area contributed by atoms with E-state index in [4.69, 9.17) is 11.5 Å². The number of Topliss-reactive ketones (excluding diaryl/α,β-unsaturated/α-hetero) is 2. The summed E-state index contributed by atoms with van der Waals surface area (Å²) >= 11 is 0. The zero-order valence-corrected chi connectivity index (χ0v) is 17.5. The van der Waals surface area contributed by atoms with Gasteiger partial charge in [-0.1, -0.05) is 6.92 Å². The SMILES string of the molecule is Cc1c(N)ccc(N=C2C(=O)CC(=O)C(=Nc3ccc(N)c(C)c3C)C2C)c1C. The number of nitrogen functional groups attached to an aromatic ring is 2. The van der Waals surface area contributed by atoms with Crippen molar-refractivity contribution in [2.75, 3.05) is 11.5 Å². The van der Waals surface area contributed by atoms with Crippen LogP contribution >= 0.6 is 0 Å². The number of hydrogen-bond donors (Lipinski definition) is 2. The summed E-state index contributed by atoms with van der Waals surface area (Å²) in [4.78, 5) is 34.4. The molecule has 0 saturated heterocycles. The molecule has 1 saturated carbocycles. The van der Waals surface area contributed by atoms with Crippen LogP contribution in [0.25, 0.3) is 0 Å². The molecule has 4 N–H and O–H groups in total. The highest BCUT2D eigenvalue weighted by molar-refractivity contribution is 6.62. The summed E-state index contributed by atoms with van der Waals surface area (Å²) in [6.45, 7) is 9.48. The Morgan fingerprint density at radius 1 is 0.724 bits per heavy atom. The van der Waals surface area contributed by atoms with Gasteiger partial charge >= 0.3 is 0 Å². The smallest absolute Gasteiger partial charge is 0.185 e. The second-order valence-corrected chi connectivity index (χ2v) is 7.59. The number of nitrogens with zero attached hydrogens (tertiary/aromatic N) is 2. The van der Waals surface area contributed by atoms with Crippen LogP contribution in [0.5, 0.6) is 0 Å². The Kier molecular flexibility index (Phi) is 5.38. The number of carbonyl (C=O) groups excluding carboxylic acids is 2. The van der Waals surface area contributed by atoms with Crippen molar-refractivity contribution in [2.24, 2.45) is 15.9 Å². The minimum atomic E-state index is -0.502. The number of aliphatic imine (C=N–C) groups is 2. The van der Waals surface area contributed by atoms with Crippen LogP contribution in [-0.2, 0) is 9.59 Å². The molecule has 6 heteroatoms. The molecule has 0 amide bonds. The summed E-state index contributed by atoms with van der Waals surface area (Å²) in [6, 6.07) is 7.15. The lowest BCUT2D eigenvalue weighted by Crippen LogP contribution is -2.40. The summed E-state index contributed by atoms with van der Waals surface area (Å²) in [6.07, 6.45) is -0.220. The molecule has 0 spiro atoms. The number of anilines is 2. The van der Waals surface area contributed by atoms with Gasteiger partial charge in [0, 0.05) is 17.3 Å². The molecule has 0 aromatic heterocycles. The van der Waals surface area contributed by atoms with Crippen molar-refractivity contribution in [3.63, 3.8) is 0 Å². The highest BCUT2D eigenvalue weighted by Gasteiger charge is 2.35. The number of carbonyl (C=O) groups is 2. The maximum Gasteiger partial charge on any atom is 0.185 e. The van der Waals surface area contributed by atoms with Crippen LogP contribution in [0.4, 0.5) is 22.7 Å². The fraction of sp³-hybridized carbons (Fsp3) is 0.304. The third kappa shape index (κ3) is 3.70. The molecule has 29 heavy (non-hydrogen) atoms. The third-order valence-corrected chi connectivity index (χ3v) is 5.80. The summed E-state index contributed by atoms with van der Waals surface area (Å²) < 4.78 is 0. The third-order valence-electron chi connectivity index (χ3n) is 5.80. The molecule has 1 fully saturated rings. The zero-order chi connectivity index (χ0) is 21.5. The normalized spacial score (nSPS) is 20.0. The van der Waals surface area contributed by atoms with Crippen molar-refractivity contribution < 1.29 is 9.59 Å². The molecule has 6 nitrogen and oxygen atoms in total. The Labute approximate surface area is 170 Å². The molecule has 2 aromatic carbocycles. The average molecular weight is 390 g/mol. The molecule has 3 rings (SSSR count). The molecule has 0 unspecified atom stereocenters. The number of rotatable bonds is 2. The molecule has 1 aliphatic rings. The monoisotopic (exact) mass is 390 g/mol. The first-order chi connectivity index (χ1) is 13.6. The van der Waals surface area contributed by atoms with Gasteiger partial charge in [-0.15, -0.1) is 0 Å². The molecule has 1 aliphatic carbocycles. The van der Waals surface area contributed by atoms with Crippen LogP contribution < -0.4 is 11.5 Å². The van der Waals surface area contributed by atoms with E-state index in [-0.39, 0.29) is 18.0 Å². The van der Waals surface area contributed by atoms with Gasteiger partial charge < -0.3 is 11.5 Å². The van der Waals surface area contributed by atoms with Crippen LogP contribution in [0.1, 0.15) is 35.6 Å². The molecule has 0 radical (unpaired) electrons. The first kappa shape index (κ1) is 20.5. The van der Waals surface area contributed by atoms with Crippen molar-refractivity contribution in [3.05, 3.63) is 46.5 Å². The van der Waals surface area contributed by atoms with E-state index >= 15 is 0 Å². The summed E-state index contributed by atoms with van der Waals surface area (Å²) in [5, 5.41) is 0. The van der Waals surface area contributed by atoms with E-state index in [0.29, 0.717) is 34.2 Å². The maximum atomic E-state index is 12.6. The van der Waals surface area contributed by atoms with Crippen LogP contribution in [0, 0.1) is 33.6 Å². The van der Waals surface area contributed by atoms with E-state index in [1.165, 1.54) is 0 Å². The Morgan fingerprint density at radius 3 is 1.48 bits per heavy atom. The average Bonchev–Trinajstić information content (AvgIpc) is 2.67. The van der Waals surface area contributed by atoms with Crippen LogP contribution in [-0.4, -0.2) is 23.0 Å². The van der Waals surface area contributed by atoms with Gasteiger partial charge in [-0.25, -0.2) is 9.98 Å². The molecular formula is C23H26N4O2. The van der Waals surface area contributed by atoms with Gasteiger partial charge in [-0.3, -0.25) is 9.59 Å². The largest absolute Gasteiger partial charge is 0.399 e. The first-order valence-corrected chi connectivity index (χ1v) is 9.56. The first-order valence-electron chi connectivity index (χ1n) is 9.56. The van der Waals surface area contributed by atoms with Gasteiger partial charge in [0.2, 0.25) is 0 Å². The quantitative estimate of drug-likeness (QED) is 0.594. The van der Waals surface area contributed by atoms with Crippen molar-refractivity contribution in [2.45, 2.75) is 41.0 Å². The lowest BCUT2D eigenvalue weighted by Gasteiger charge is -2.22. The topological polar surface area (TPSA) is 111 Å². The van der Waals surface area contributed by atoms with Crippen molar-refractivity contribution >= 4 is 45.7 Å². The lowest BCUT2D eigenvalue weighted by atomic mass is 9.84. The van der Waals surface area contributed by atoms with Crippen LogP contribution in [0.2, 0.25) is 0 Å². The molecule has 0 atom stereocenters. The summed E-state index contributed by atoms with van der Waals surface area (Å²) in [5.41, 5.74) is 19.0. The van der Waals surface area contributed by atoms with Crippen LogP contribution in [0.3, 0.4) is 0 Å². The number of nitrogens with two attached hydrogens (primary N) is 2. The Hall–Kier alpha value is -3.28. The van der Waals surface area contributed by atoms with E-state index in [2.05, 4.69) is 9.98 Å². The van der Waals surface area contributed by atoms with Gasteiger partial charge in [-0.2, -0.15) is 0 Å². The number of benzene rings is 2. The van der Waals surface area contributed by atoms with Gasteiger partial charge in [0.25, 0.3) is 0 Å². The van der Waals surface area contributed by atoms with Gasteiger partial charge in [0.05, 0.1) is 29.2 Å². The van der Waals surface area contributed by atoms with E-state index in [1.54, 1.807) is 31.2 Å². The van der Waals surface area contributed by atoms with Crippen molar-refractivity contribution in [1.29, 1.82) is 0 Å². The molecule has 0 aliphatic heterocycles. The predicted molar refractivity (Wildman–Crippen MR) is 119 cm³/mol. The molecule has 0 heterocycles. The minimum Gasteiger partial charge on any atom is -0.399 e. The van der Waals surface area contributed by atoms with Crippen molar-refractivity contribution in [1.82, 2.24) is 0 Å². The molecule has 0 bridgehead atoms. The molecular weight excluding hydrogens is 364 g/mol. The fourth-order valence-corrected chi connectivity index (χ4v) is 3.41. The van der Waals surface area contributed by atoms with E-state index in [9.17, 15) is 9.59 Å². The fourth-order valence-electron chi connectivity index (χ4n) is 3.41. The van der Waals surface area contributed by atoms with E-state index < -0.39 is 5.92 Å². The zero-order valence-electron chi connectivity index (χ0n) is 17.5. The summed E-state index contributed by atoms with van der Waals surface area (Å²) in [7, 11) is 0. The predicted octanol–water partition coefficient (Wildman–Crippen LogP) is 4.11. The van der Waals surface area contributed by atoms with Crippen molar-refractivity contribution in [3.8, 4) is 0 Å². The number of ketones is 2. The van der Waals surface area contributed by atoms with E-state index in [1.807, 2.05) is 27.7 Å². The second-order valence-electron chi connectivity index (χ2n) is 7.59. The highest BCUT2D eigenvalue weighted by atomic mass is 16.2.